The van der Waals surface area contributed by atoms with Gasteiger partial charge in [0.1, 0.15) is 5.70 Å². The Balaban J connectivity index is 2.24. The van der Waals surface area contributed by atoms with Crippen molar-refractivity contribution in [3.8, 4) is 0 Å². The molecule has 0 atom stereocenters. The Labute approximate surface area is 90.5 Å². The third-order valence-electron chi connectivity index (χ3n) is 3.50. The van der Waals surface area contributed by atoms with Crippen molar-refractivity contribution in [1.82, 2.24) is 4.68 Å². The monoisotopic (exact) mass is 201 g/mol. The first-order valence-corrected chi connectivity index (χ1v) is 5.75. The van der Waals surface area contributed by atoms with E-state index in [0.29, 0.717) is 0 Å². The SMILES string of the molecule is Cc1cc(C)[n+]2n1C1=C(CCC=C1)CC2. The van der Waals surface area contributed by atoms with E-state index in [9.17, 15) is 0 Å². The van der Waals surface area contributed by atoms with Crippen LogP contribution in [-0.2, 0) is 6.54 Å². The molecule has 0 N–H and O–H groups in total. The van der Waals surface area contributed by atoms with E-state index in [0.717, 1.165) is 6.54 Å². The van der Waals surface area contributed by atoms with Crippen LogP contribution >= 0.6 is 0 Å². The predicted octanol–water partition coefficient (Wildman–Crippen LogP) is 2.36. The van der Waals surface area contributed by atoms with Crippen LogP contribution < -0.4 is 4.68 Å². The van der Waals surface area contributed by atoms with E-state index in [1.54, 1.807) is 5.57 Å². The summed E-state index contributed by atoms with van der Waals surface area (Å²) < 4.78 is 4.77. The summed E-state index contributed by atoms with van der Waals surface area (Å²) in [5, 5.41) is 0. The second-order valence-electron chi connectivity index (χ2n) is 4.54. The number of aryl methyl sites for hydroxylation is 2. The zero-order valence-electron chi connectivity index (χ0n) is 9.45. The average Bonchev–Trinajstić information content (AvgIpc) is 2.55. The van der Waals surface area contributed by atoms with Crippen molar-refractivity contribution >= 4 is 5.70 Å². The van der Waals surface area contributed by atoms with Gasteiger partial charge < -0.3 is 0 Å². The van der Waals surface area contributed by atoms with Gasteiger partial charge in [-0.2, -0.15) is 0 Å². The molecule has 1 aromatic rings. The highest BCUT2D eigenvalue weighted by Crippen LogP contribution is 2.28. The van der Waals surface area contributed by atoms with Gasteiger partial charge in [-0.15, -0.1) is 9.36 Å². The first kappa shape index (κ1) is 8.96. The summed E-state index contributed by atoms with van der Waals surface area (Å²) in [6, 6.07) is 2.28. The maximum absolute atomic E-state index is 2.39. The number of nitrogens with zero attached hydrogens (tertiary/aromatic N) is 2. The Kier molecular flexibility index (Phi) is 1.84. The minimum Gasteiger partial charge on any atom is -0.125 e. The number of hydrogen-bond donors (Lipinski definition) is 0. The number of allylic oxidation sites excluding steroid dienone is 4. The van der Waals surface area contributed by atoms with E-state index in [4.69, 9.17) is 0 Å². The Hall–Kier alpha value is -1.31. The predicted molar refractivity (Wildman–Crippen MR) is 60.3 cm³/mol. The van der Waals surface area contributed by atoms with Crippen LogP contribution in [0.3, 0.4) is 0 Å². The lowest BCUT2D eigenvalue weighted by Crippen LogP contribution is -2.48. The molecule has 0 bridgehead atoms. The van der Waals surface area contributed by atoms with Gasteiger partial charge in [0.2, 0.25) is 5.69 Å². The van der Waals surface area contributed by atoms with Gasteiger partial charge in [0.05, 0.1) is 5.69 Å². The third kappa shape index (κ3) is 1.21. The van der Waals surface area contributed by atoms with Crippen LogP contribution in [0.1, 0.15) is 30.7 Å². The fourth-order valence-electron chi connectivity index (χ4n) is 2.80. The van der Waals surface area contributed by atoms with Crippen molar-refractivity contribution in [2.75, 3.05) is 0 Å². The fourth-order valence-corrected chi connectivity index (χ4v) is 2.80. The molecule has 0 spiro atoms. The Bertz CT molecular complexity index is 475. The highest BCUT2D eigenvalue weighted by Gasteiger charge is 2.27. The Morgan fingerprint density at radius 2 is 2.13 bits per heavy atom. The highest BCUT2D eigenvalue weighted by molar-refractivity contribution is 5.62. The smallest absolute Gasteiger partial charge is 0.125 e. The highest BCUT2D eigenvalue weighted by atomic mass is 15.4. The molecule has 2 heterocycles. The molecule has 2 nitrogen and oxygen atoms in total. The van der Waals surface area contributed by atoms with E-state index < -0.39 is 0 Å². The zero-order chi connectivity index (χ0) is 10.4. The number of fused-ring (bicyclic) bond motifs is 2. The summed E-state index contributed by atoms with van der Waals surface area (Å²) in [5.74, 6) is 0. The molecule has 1 aromatic heterocycles. The minimum absolute atomic E-state index is 1.15. The van der Waals surface area contributed by atoms with Crippen LogP contribution in [-0.4, -0.2) is 4.68 Å². The van der Waals surface area contributed by atoms with Crippen molar-refractivity contribution in [3.05, 3.63) is 35.2 Å². The van der Waals surface area contributed by atoms with Crippen LogP contribution in [0.2, 0.25) is 0 Å². The molecule has 0 aromatic carbocycles. The molecule has 1 aliphatic carbocycles. The van der Waals surface area contributed by atoms with Crippen LogP contribution in [0.5, 0.6) is 0 Å². The topological polar surface area (TPSA) is 8.81 Å². The second-order valence-corrected chi connectivity index (χ2v) is 4.54. The molecule has 3 rings (SSSR count). The molecule has 78 valence electrons. The fraction of sp³-hybridized carbons (Fsp3) is 0.462. The number of aromatic nitrogens is 2. The molecule has 0 unspecified atom stereocenters. The van der Waals surface area contributed by atoms with Gasteiger partial charge in [-0.25, -0.2) is 0 Å². The number of hydrogen-bond acceptors (Lipinski definition) is 0. The first-order valence-electron chi connectivity index (χ1n) is 5.75. The van der Waals surface area contributed by atoms with E-state index in [1.807, 2.05) is 0 Å². The molecule has 2 heteroatoms. The molecule has 1 aliphatic heterocycles. The van der Waals surface area contributed by atoms with Gasteiger partial charge in [0, 0.05) is 19.4 Å². The van der Waals surface area contributed by atoms with Crippen molar-refractivity contribution in [2.24, 2.45) is 0 Å². The number of rotatable bonds is 0. The van der Waals surface area contributed by atoms with Gasteiger partial charge in [0.15, 0.2) is 6.54 Å². The van der Waals surface area contributed by atoms with E-state index >= 15 is 0 Å². The molecule has 0 saturated carbocycles. The maximum Gasteiger partial charge on any atom is 0.205 e. The quantitative estimate of drug-likeness (QED) is 0.570. The second kappa shape index (κ2) is 3.09. The van der Waals surface area contributed by atoms with Crippen molar-refractivity contribution in [3.63, 3.8) is 0 Å². The van der Waals surface area contributed by atoms with Crippen molar-refractivity contribution in [2.45, 2.75) is 39.7 Å². The van der Waals surface area contributed by atoms with Crippen molar-refractivity contribution < 1.29 is 4.68 Å². The van der Waals surface area contributed by atoms with Gasteiger partial charge in [-0.3, -0.25) is 0 Å². The molecule has 15 heavy (non-hydrogen) atoms. The van der Waals surface area contributed by atoms with Crippen LogP contribution in [0.15, 0.2) is 23.8 Å². The maximum atomic E-state index is 2.39. The largest absolute Gasteiger partial charge is 0.205 e. The third-order valence-corrected chi connectivity index (χ3v) is 3.50. The molecule has 0 fully saturated rings. The molecule has 0 radical (unpaired) electrons. The molecular weight excluding hydrogens is 184 g/mol. The Morgan fingerprint density at radius 1 is 1.27 bits per heavy atom. The van der Waals surface area contributed by atoms with E-state index in [1.165, 1.54) is 36.3 Å². The normalized spacial score (nSPS) is 19.1. The van der Waals surface area contributed by atoms with Crippen LogP contribution in [0, 0.1) is 13.8 Å². The van der Waals surface area contributed by atoms with Gasteiger partial charge in [0.25, 0.3) is 0 Å². The summed E-state index contributed by atoms with van der Waals surface area (Å²) >= 11 is 0. The molecule has 2 aliphatic rings. The van der Waals surface area contributed by atoms with E-state index in [2.05, 4.69) is 41.4 Å². The lowest BCUT2D eigenvalue weighted by atomic mass is 9.98. The van der Waals surface area contributed by atoms with Crippen LogP contribution in [0.25, 0.3) is 5.70 Å². The minimum atomic E-state index is 1.15. The summed E-state index contributed by atoms with van der Waals surface area (Å²) in [4.78, 5) is 0. The van der Waals surface area contributed by atoms with Gasteiger partial charge in [-0.1, -0.05) is 6.08 Å². The summed E-state index contributed by atoms with van der Waals surface area (Å²) in [7, 11) is 0. The summed E-state index contributed by atoms with van der Waals surface area (Å²) in [6.45, 7) is 5.54. The molecule has 0 amide bonds. The van der Waals surface area contributed by atoms with E-state index in [-0.39, 0.29) is 0 Å². The van der Waals surface area contributed by atoms with Crippen molar-refractivity contribution in [1.29, 1.82) is 0 Å². The van der Waals surface area contributed by atoms with Gasteiger partial charge in [-0.05, 0) is 31.4 Å². The molecular formula is C13H17N2+. The lowest BCUT2D eigenvalue weighted by Gasteiger charge is -2.20. The Morgan fingerprint density at radius 3 is 3.00 bits per heavy atom. The zero-order valence-corrected chi connectivity index (χ0v) is 9.45. The van der Waals surface area contributed by atoms with Gasteiger partial charge >= 0.3 is 0 Å². The summed E-state index contributed by atoms with van der Waals surface area (Å²) in [6.07, 6.45) is 8.29. The summed E-state index contributed by atoms with van der Waals surface area (Å²) in [5.41, 5.74) is 5.79. The lowest BCUT2D eigenvalue weighted by molar-refractivity contribution is -0.772. The molecule has 0 saturated heterocycles. The van der Waals surface area contributed by atoms with Crippen LogP contribution in [0.4, 0.5) is 0 Å². The standard InChI is InChI=1S/C13H17N2/c1-10-9-11(2)15-13-6-4-3-5-12(13)7-8-14(10)15/h4,6,9H,3,5,7-8H2,1-2H3/q+1. The average molecular weight is 201 g/mol. The first-order chi connectivity index (χ1) is 7.27.